The van der Waals surface area contributed by atoms with Crippen LogP contribution in [0.5, 0.6) is 0 Å². The summed E-state index contributed by atoms with van der Waals surface area (Å²) in [6, 6.07) is 0.671. The molecule has 3 heteroatoms. The third-order valence-electron chi connectivity index (χ3n) is 2.67. The monoisotopic (exact) mass is 140 g/mol. The summed E-state index contributed by atoms with van der Waals surface area (Å²) in [6.07, 6.45) is 0.964. The van der Waals surface area contributed by atoms with Gasteiger partial charge in [0.1, 0.15) is 0 Å². The highest BCUT2D eigenvalue weighted by Crippen LogP contribution is 2.29. The van der Waals surface area contributed by atoms with E-state index in [2.05, 4.69) is 11.9 Å². The minimum absolute atomic E-state index is 0.671. The minimum Gasteiger partial charge on any atom is -0.343 e. The van der Waals surface area contributed by atoms with Crippen LogP contribution < -0.4 is 0 Å². The first-order valence-electron chi connectivity index (χ1n) is 3.71. The van der Waals surface area contributed by atoms with Crippen molar-refractivity contribution in [3.63, 3.8) is 0 Å². The Morgan fingerprint density at radius 3 is 2.70 bits per heavy atom. The van der Waals surface area contributed by atoms with E-state index >= 15 is 0 Å². The molecule has 1 amide bonds. The van der Waals surface area contributed by atoms with Gasteiger partial charge in [-0.2, -0.15) is 0 Å². The van der Waals surface area contributed by atoms with Gasteiger partial charge in [-0.25, -0.2) is 0 Å². The zero-order valence-electron chi connectivity index (χ0n) is 6.16. The van der Waals surface area contributed by atoms with Crippen molar-refractivity contribution in [1.29, 1.82) is 0 Å². The summed E-state index contributed by atoms with van der Waals surface area (Å²) in [7, 11) is 2.12. The van der Waals surface area contributed by atoms with Crippen molar-refractivity contribution in [2.24, 2.45) is 5.92 Å². The molecule has 3 nitrogen and oxygen atoms in total. The van der Waals surface area contributed by atoms with Gasteiger partial charge in [-0.3, -0.25) is 4.79 Å². The molecule has 2 saturated heterocycles. The fourth-order valence-electron chi connectivity index (χ4n) is 2.02. The molecule has 0 spiro atoms. The lowest BCUT2D eigenvalue weighted by Gasteiger charge is -2.40. The highest BCUT2D eigenvalue weighted by atomic mass is 16.1. The van der Waals surface area contributed by atoms with Crippen LogP contribution in [0.15, 0.2) is 0 Å². The van der Waals surface area contributed by atoms with Crippen LogP contribution in [0.3, 0.4) is 0 Å². The molecule has 10 heavy (non-hydrogen) atoms. The Labute approximate surface area is 60.6 Å². The Bertz CT molecular complexity index is 160. The molecule has 0 saturated carbocycles. The SMILES string of the molecule is CN1CC2CN(C=O)CC21. The first-order chi connectivity index (χ1) is 4.81. The van der Waals surface area contributed by atoms with Crippen molar-refractivity contribution < 1.29 is 4.79 Å². The molecule has 0 bridgehead atoms. The molecule has 2 heterocycles. The lowest BCUT2D eigenvalue weighted by Crippen LogP contribution is -2.52. The molecule has 2 unspecified atom stereocenters. The number of rotatable bonds is 1. The number of fused-ring (bicyclic) bond motifs is 1. The van der Waals surface area contributed by atoms with E-state index in [-0.39, 0.29) is 0 Å². The molecular formula is C7H12N2O. The lowest BCUT2D eigenvalue weighted by atomic mass is 9.93. The van der Waals surface area contributed by atoms with Gasteiger partial charge in [-0.1, -0.05) is 0 Å². The molecule has 0 radical (unpaired) electrons. The maximum Gasteiger partial charge on any atom is 0.209 e. The molecule has 2 fully saturated rings. The second-order valence-electron chi connectivity index (χ2n) is 3.33. The van der Waals surface area contributed by atoms with E-state index in [1.165, 1.54) is 6.54 Å². The molecule has 0 aromatic heterocycles. The minimum atomic E-state index is 0.671. The van der Waals surface area contributed by atoms with E-state index in [1.807, 2.05) is 4.90 Å². The van der Waals surface area contributed by atoms with Crippen molar-refractivity contribution in [3.8, 4) is 0 Å². The number of carbonyl (C=O) groups is 1. The van der Waals surface area contributed by atoms with Crippen LogP contribution in [0.25, 0.3) is 0 Å². The van der Waals surface area contributed by atoms with Crippen molar-refractivity contribution in [2.45, 2.75) is 6.04 Å². The number of likely N-dealkylation sites (N-methyl/N-ethyl adjacent to an activating group) is 1. The number of hydrogen-bond acceptors (Lipinski definition) is 2. The topological polar surface area (TPSA) is 23.6 Å². The maximum absolute atomic E-state index is 10.3. The van der Waals surface area contributed by atoms with Crippen LogP contribution in [0, 0.1) is 5.92 Å². The van der Waals surface area contributed by atoms with Gasteiger partial charge in [-0.15, -0.1) is 0 Å². The van der Waals surface area contributed by atoms with Gasteiger partial charge in [-0.05, 0) is 7.05 Å². The van der Waals surface area contributed by atoms with Gasteiger partial charge in [0.15, 0.2) is 0 Å². The summed E-state index contributed by atoms with van der Waals surface area (Å²) in [6.45, 7) is 3.11. The molecule has 0 N–H and O–H groups in total. The van der Waals surface area contributed by atoms with Crippen LogP contribution in [0.1, 0.15) is 0 Å². The van der Waals surface area contributed by atoms with E-state index in [0.29, 0.717) is 6.04 Å². The van der Waals surface area contributed by atoms with Gasteiger partial charge in [0.25, 0.3) is 0 Å². The van der Waals surface area contributed by atoms with E-state index in [0.717, 1.165) is 25.4 Å². The van der Waals surface area contributed by atoms with Crippen molar-refractivity contribution in [1.82, 2.24) is 9.80 Å². The molecular weight excluding hydrogens is 128 g/mol. The predicted molar refractivity (Wildman–Crippen MR) is 37.5 cm³/mol. The Morgan fingerprint density at radius 1 is 1.40 bits per heavy atom. The highest BCUT2D eigenvalue weighted by Gasteiger charge is 2.42. The quantitative estimate of drug-likeness (QED) is 0.454. The van der Waals surface area contributed by atoms with Gasteiger partial charge in [0, 0.05) is 31.6 Å². The van der Waals surface area contributed by atoms with Gasteiger partial charge in [0.05, 0.1) is 0 Å². The van der Waals surface area contributed by atoms with E-state index in [4.69, 9.17) is 0 Å². The van der Waals surface area contributed by atoms with Crippen LogP contribution in [0.2, 0.25) is 0 Å². The fraction of sp³-hybridized carbons (Fsp3) is 0.857. The summed E-state index contributed by atoms with van der Waals surface area (Å²) in [5.74, 6) is 0.773. The molecule has 0 aromatic rings. The zero-order chi connectivity index (χ0) is 7.14. The van der Waals surface area contributed by atoms with Crippen molar-refractivity contribution in [3.05, 3.63) is 0 Å². The number of nitrogens with zero attached hydrogens (tertiary/aromatic N) is 2. The molecule has 2 aliphatic heterocycles. The highest BCUT2D eigenvalue weighted by molar-refractivity contribution is 5.48. The van der Waals surface area contributed by atoms with E-state index in [1.54, 1.807) is 0 Å². The zero-order valence-corrected chi connectivity index (χ0v) is 6.16. The van der Waals surface area contributed by atoms with E-state index in [9.17, 15) is 4.79 Å². The molecule has 2 aliphatic rings. The standard InChI is InChI=1S/C7H12N2O/c1-8-2-6-3-9(5-10)4-7(6)8/h5-7H,2-4H2,1H3. The summed E-state index contributed by atoms with van der Waals surface area (Å²) in [5, 5.41) is 0. The second kappa shape index (κ2) is 1.95. The van der Waals surface area contributed by atoms with Gasteiger partial charge >= 0.3 is 0 Å². The summed E-state index contributed by atoms with van der Waals surface area (Å²) in [5.41, 5.74) is 0. The number of likely N-dealkylation sites (tertiary alicyclic amines) is 2. The molecule has 2 atom stereocenters. The fourth-order valence-corrected chi connectivity index (χ4v) is 2.02. The molecule has 56 valence electrons. The predicted octanol–water partition coefficient (Wildman–Crippen LogP) is -0.611. The van der Waals surface area contributed by atoms with Gasteiger partial charge in [0.2, 0.25) is 6.41 Å². The second-order valence-corrected chi connectivity index (χ2v) is 3.33. The van der Waals surface area contributed by atoms with Crippen molar-refractivity contribution >= 4 is 6.41 Å². The van der Waals surface area contributed by atoms with Crippen LogP contribution in [-0.4, -0.2) is 48.9 Å². The van der Waals surface area contributed by atoms with Crippen LogP contribution >= 0.6 is 0 Å². The molecule has 0 aromatic carbocycles. The summed E-state index contributed by atoms with van der Waals surface area (Å²) in [4.78, 5) is 14.5. The summed E-state index contributed by atoms with van der Waals surface area (Å²) >= 11 is 0. The smallest absolute Gasteiger partial charge is 0.209 e. The average Bonchev–Trinajstić information content (AvgIpc) is 2.26. The molecule has 2 rings (SSSR count). The Hall–Kier alpha value is -0.570. The number of hydrogen-bond donors (Lipinski definition) is 0. The largest absolute Gasteiger partial charge is 0.343 e. The van der Waals surface area contributed by atoms with Crippen LogP contribution in [0.4, 0.5) is 0 Å². The Morgan fingerprint density at radius 2 is 2.20 bits per heavy atom. The van der Waals surface area contributed by atoms with Crippen molar-refractivity contribution in [2.75, 3.05) is 26.7 Å². The van der Waals surface area contributed by atoms with Gasteiger partial charge < -0.3 is 9.80 Å². The molecule has 0 aliphatic carbocycles. The van der Waals surface area contributed by atoms with E-state index < -0.39 is 0 Å². The third-order valence-corrected chi connectivity index (χ3v) is 2.67. The number of amides is 1. The lowest BCUT2D eigenvalue weighted by molar-refractivity contribution is -0.117. The van der Waals surface area contributed by atoms with Crippen LogP contribution in [-0.2, 0) is 4.79 Å². The first kappa shape index (κ1) is 6.16. The first-order valence-corrected chi connectivity index (χ1v) is 3.71. The normalized spacial score (nSPS) is 39.1. The third kappa shape index (κ3) is 0.669. The summed E-state index contributed by atoms with van der Waals surface area (Å²) < 4.78 is 0. The maximum atomic E-state index is 10.3. The Kier molecular flexibility index (Phi) is 1.20. The average molecular weight is 140 g/mol. The Balaban J connectivity index is 1.98. The number of carbonyl (C=O) groups excluding carboxylic acids is 1.